The Morgan fingerprint density at radius 1 is 1.50 bits per heavy atom. The van der Waals surface area contributed by atoms with Crippen molar-refractivity contribution in [2.45, 2.75) is 19.8 Å². The summed E-state index contributed by atoms with van der Waals surface area (Å²) in [4.78, 5) is 15.9. The maximum atomic E-state index is 11.8. The summed E-state index contributed by atoms with van der Waals surface area (Å²) in [7, 11) is 0. The van der Waals surface area contributed by atoms with E-state index in [1.165, 1.54) is 0 Å². The van der Waals surface area contributed by atoms with Crippen LogP contribution in [0.3, 0.4) is 0 Å². The number of amides is 1. The van der Waals surface area contributed by atoms with Crippen LogP contribution >= 0.6 is 27.3 Å². The molecule has 1 aromatic heterocycles. The highest BCUT2D eigenvalue weighted by Crippen LogP contribution is 2.20. The highest BCUT2D eigenvalue weighted by Gasteiger charge is 2.05. The number of anilines is 1. The van der Waals surface area contributed by atoms with Gasteiger partial charge in [0.05, 0.1) is 11.2 Å². The Bertz CT molecular complexity index is 540. The van der Waals surface area contributed by atoms with Gasteiger partial charge < -0.3 is 5.32 Å². The molecule has 0 aliphatic rings. The molecule has 94 valence electrons. The highest BCUT2D eigenvalue weighted by atomic mass is 79.9. The van der Waals surface area contributed by atoms with Gasteiger partial charge in [0, 0.05) is 22.0 Å². The molecule has 2 aromatic rings. The first-order valence-corrected chi connectivity index (χ1v) is 7.32. The summed E-state index contributed by atoms with van der Waals surface area (Å²) < 4.78 is 1.000. The van der Waals surface area contributed by atoms with Gasteiger partial charge >= 0.3 is 0 Å². The predicted octanol–water partition coefficient (Wildman–Crippen LogP) is 3.79. The Kier molecular flexibility index (Phi) is 4.49. The zero-order valence-corrected chi connectivity index (χ0v) is 12.3. The van der Waals surface area contributed by atoms with Crippen LogP contribution in [0.5, 0.6) is 0 Å². The Morgan fingerprint density at radius 2 is 2.33 bits per heavy atom. The summed E-state index contributed by atoms with van der Waals surface area (Å²) in [5.41, 5.74) is 4.72. The van der Waals surface area contributed by atoms with E-state index in [1.807, 2.05) is 30.5 Å². The first kappa shape index (κ1) is 13.2. The van der Waals surface area contributed by atoms with Crippen molar-refractivity contribution in [1.82, 2.24) is 4.98 Å². The Hall–Kier alpha value is -1.20. The highest BCUT2D eigenvalue weighted by molar-refractivity contribution is 9.10. The number of hydrogen-bond acceptors (Lipinski definition) is 3. The molecular weight excluding hydrogens is 312 g/mol. The maximum Gasteiger partial charge on any atom is 0.224 e. The van der Waals surface area contributed by atoms with E-state index in [0.717, 1.165) is 21.4 Å². The maximum absolute atomic E-state index is 11.8. The summed E-state index contributed by atoms with van der Waals surface area (Å²) in [6.45, 7) is 2.01. The first-order chi connectivity index (χ1) is 8.65. The van der Waals surface area contributed by atoms with Gasteiger partial charge in [0.2, 0.25) is 5.91 Å². The molecule has 0 aliphatic carbocycles. The van der Waals surface area contributed by atoms with Crippen LogP contribution in [-0.2, 0) is 11.2 Å². The van der Waals surface area contributed by atoms with E-state index < -0.39 is 0 Å². The number of halogens is 1. The topological polar surface area (TPSA) is 42.0 Å². The standard InChI is InChI=1S/C13H13BrN2OS/c1-9-2-3-10(6-12(9)14)16-13(17)5-4-11-7-18-8-15-11/h2-3,6-8H,4-5H2,1H3,(H,16,17). The lowest BCUT2D eigenvalue weighted by Gasteiger charge is -2.06. The average Bonchev–Trinajstić information content (AvgIpc) is 2.84. The molecule has 0 saturated carbocycles. The molecule has 0 unspecified atom stereocenters. The quantitative estimate of drug-likeness (QED) is 0.929. The predicted molar refractivity (Wildman–Crippen MR) is 77.9 cm³/mol. The van der Waals surface area contributed by atoms with Crippen molar-refractivity contribution in [1.29, 1.82) is 0 Å². The van der Waals surface area contributed by atoms with Crippen LogP contribution in [0, 0.1) is 6.92 Å². The number of nitrogens with zero attached hydrogens (tertiary/aromatic N) is 1. The van der Waals surface area contributed by atoms with Crippen molar-refractivity contribution in [2.75, 3.05) is 5.32 Å². The molecule has 18 heavy (non-hydrogen) atoms. The lowest BCUT2D eigenvalue weighted by atomic mass is 10.2. The molecule has 1 amide bonds. The monoisotopic (exact) mass is 324 g/mol. The number of nitrogens with one attached hydrogen (secondary N) is 1. The summed E-state index contributed by atoms with van der Waals surface area (Å²) in [5.74, 6) is 0.0127. The van der Waals surface area contributed by atoms with Crippen molar-refractivity contribution >= 4 is 38.9 Å². The lowest BCUT2D eigenvalue weighted by molar-refractivity contribution is -0.116. The van der Waals surface area contributed by atoms with Gasteiger partial charge in [0.1, 0.15) is 0 Å². The van der Waals surface area contributed by atoms with Crippen molar-refractivity contribution < 1.29 is 4.79 Å². The molecule has 0 radical (unpaired) electrons. The average molecular weight is 325 g/mol. The fourth-order valence-electron chi connectivity index (χ4n) is 1.50. The minimum atomic E-state index is 0.0127. The molecule has 0 aliphatic heterocycles. The van der Waals surface area contributed by atoms with E-state index in [2.05, 4.69) is 26.2 Å². The van der Waals surface area contributed by atoms with Gasteiger partial charge in [-0.3, -0.25) is 4.79 Å². The number of aromatic nitrogens is 1. The van der Waals surface area contributed by atoms with Gasteiger partial charge in [0.15, 0.2) is 0 Å². The van der Waals surface area contributed by atoms with Gasteiger partial charge in [-0.25, -0.2) is 4.98 Å². The van der Waals surface area contributed by atoms with Gasteiger partial charge in [-0.05, 0) is 31.0 Å². The second kappa shape index (κ2) is 6.11. The number of aryl methyl sites for hydroxylation is 2. The molecule has 1 aromatic carbocycles. The van der Waals surface area contributed by atoms with Gasteiger partial charge in [-0.2, -0.15) is 0 Å². The van der Waals surface area contributed by atoms with Crippen molar-refractivity contribution in [2.24, 2.45) is 0 Å². The lowest BCUT2D eigenvalue weighted by Crippen LogP contribution is -2.12. The minimum absolute atomic E-state index is 0.0127. The fourth-order valence-corrected chi connectivity index (χ4v) is 2.47. The van der Waals surface area contributed by atoms with Crippen molar-refractivity contribution in [3.8, 4) is 0 Å². The number of carbonyl (C=O) groups excluding carboxylic acids is 1. The molecule has 5 heteroatoms. The largest absolute Gasteiger partial charge is 0.326 e. The van der Waals surface area contributed by atoms with E-state index in [-0.39, 0.29) is 5.91 Å². The van der Waals surface area contributed by atoms with E-state index in [4.69, 9.17) is 0 Å². The van der Waals surface area contributed by atoms with Gasteiger partial charge in [-0.15, -0.1) is 11.3 Å². The van der Waals surface area contributed by atoms with Crippen LogP contribution in [0.25, 0.3) is 0 Å². The third-order valence-corrected chi connectivity index (χ3v) is 4.04. The van der Waals surface area contributed by atoms with E-state index >= 15 is 0 Å². The number of benzene rings is 1. The number of hydrogen-bond donors (Lipinski definition) is 1. The third-order valence-electron chi connectivity index (χ3n) is 2.55. The van der Waals surface area contributed by atoms with Crippen LogP contribution in [0.2, 0.25) is 0 Å². The van der Waals surface area contributed by atoms with Crippen LogP contribution in [-0.4, -0.2) is 10.9 Å². The summed E-state index contributed by atoms with van der Waals surface area (Å²) >= 11 is 5.00. The molecule has 1 N–H and O–H groups in total. The Labute approximate surface area is 118 Å². The molecule has 1 heterocycles. The van der Waals surface area contributed by atoms with Crippen molar-refractivity contribution in [3.05, 3.63) is 44.8 Å². The molecule has 0 spiro atoms. The smallest absolute Gasteiger partial charge is 0.224 e. The molecule has 0 fully saturated rings. The molecule has 0 atom stereocenters. The van der Waals surface area contributed by atoms with E-state index in [0.29, 0.717) is 12.8 Å². The van der Waals surface area contributed by atoms with Gasteiger partial charge in [0.25, 0.3) is 0 Å². The molecule has 0 bridgehead atoms. The molecule has 3 nitrogen and oxygen atoms in total. The summed E-state index contributed by atoms with van der Waals surface area (Å²) in [5, 5.41) is 4.85. The van der Waals surface area contributed by atoms with E-state index in [1.54, 1.807) is 16.8 Å². The SMILES string of the molecule is Cc1ccc(NC(=O)CCc2cscn2)cc1Br. The Morgan fingerprint density at radius 3 is 3.00 bits per heavy atom. The fraction of sp³-hybridized carbons (Fsp3) is 0.231. The number of thiazole rings is 1. The van der Waals surface area contributed by atoms with E-state index in [9.17, 15) is 4.79 Å². The normalized spacial score (nSPS) is 10.3. The second-order valence-electron chi connectivity index (χ2n) is 3.99. The van der Waals surface area contributed by atoms with Crippen molar-refractivity contribution in [3.63, 3.8) is 0 Å². The zero-order valence-electron chi connectivity index (χ0n) is 9.94. The van der Waals surface area contributed by atoms with Crippen LogP contribution in [0.4, 0.5) is 5.69 Å². The van der Waals surface area contributed by atoms with Crippen LogP contribution in [0.15, 0.2) is 33.6 Å². The van der Waals surface area contributed by atoms with Crippen LogP contribution in [0.1, 0.15) is 17.7 Å². The molecule has 2 rings (SSSR count). The number of carbonyl (C=O) groups is 1. The molecular formula is C13H13BrN2OS. The summed E-state index contributed by atoms with van der Waals surface area (Å²) in [6.07, 6.45) is 1.14. The zero-order chi connectivity index (χ0) is 13.0. The minimum Gasteiger partial charge on any atom is -0.326 e. The van der Waals surface area contributed by atoms with Crippen LogP contribution < -0.4 is 5.32 Å². The summed E-state index contributed by atoms with van der Waals surface area (Å²) in [6, 6.07) is 5.79. The Balaban J connectivity index is 1.88. The first-order valence-electron chi connectivity index (χ1n) is 5.58. The number of rotatable bonds is 4. The second-order valence-corrected chi connectivity index (χ2v) is 5.56. The molecule has 0 saturated heterocycles. The van der Waals surface area contributed by atoms with Gasteiger partial charge in [-0.1, -0.05) is 22.0 Å². The third kappa shape index (κ3) is 3.65.